The molecule has 3 rings (SSSR count). The Hall–Kier alpha value is -3.28. The van der Waals surface area contributed by atoms with Gasteiger partial charge in [0.2, 0.25) is 6.41 Å². The molecule has 0 radical (unpaired) electrons. The van der Waals surface area contributed by atoms with Gasteiger partial charge in [-0.05, 0) is 24.3 Å². The minimum absolute atomic E-state index is 0.151. The molecule has 0 bridgehead atoms. The lowest BCUT2D eigenvalue weighted by Gasteiger charge is -2.12. The van der Waals surface area contributed by atoms with Crippen molar-refractivity contribution in [2.75, 3.05) is 5.32 Å². The van der Waals surface area contributed by atoms with Gasteiger partial charge in [0.05, 0.1) is 16.9 Å². The molecule has 0 saturated heterocycles. The van der Waals surface area contributed by atoms with Crippen molar-refractivity contribution < 1.29 is 9.18 Å². The number of carbonyl (C=O) groups excluding carboxylic acids is 1. The van der Waals surface area contributed by atoms with Crippen LogP contribution in [-0.4, -0.2) is 17.4 Å². The summed E-state index contributed by atoms with van der Waals surface area (Å²) >= 11 is 0. The molecule has 0 unspecified atom stereocenters. The van der Waals surface area contributed by atoms with Gasteiger partial charge >= 0.3 is 0 Å². The molecule has 0 atom stereocenters. The van der Waals surface area contributed by atoms with E-state index in [2.05, 4.69) is 15.6 Å². The lowest BCUT2D eigenvalue weighted by Crippen LogP contribution is -2.28. The van der Waals surface area contributed by atoms with Crippen LogP contribution in [-0.2, 0) is 4.79 Å². The van der Waals surface area contributed by atoms with Crippen molar-refractivity contribution in [3.63, 3.8) is 0 Å². The lowest BCUT2D eigenvalue weighted by atomic mass is 10.1. The number of nitrogens with zero attached hydrogens (tertiary/aromatic N) is 1. The maximum Gasteiger partial charge on any atom is 0.213 e. The molecule has 1 aromatic heterocycles. The lowest BCUT2D eigenvalue weighted by molar-refractivity contribution is -0.108. The van der Waals surface area contributed by atoms with E-state index in [1.54, 1.807) is 18.2 Å². The average Bonchev–Trinajstić information content (AvgIpc) is 2.55. The molecule has 0 aliphatic heterocycles. The number of pyridine rings is 1. The van der Waals surface area contributed by atoms with E-state index >= 15 is 0 Å². The molecular weight excluding hydrogens is 295 g/mol. The topological polar surface area (TPSA) is 77.9 Å². The highest BCUT2D eigenvalue weighted by atomic mass is 19.1. The van der Waals surface area contributed by atoms with E-state index in [0.29, 0.717) is 28.9 Å². The van der Waals surface area contributed by atoms with Crippen molar-refractivity contribution in [3.05, 3.63) is 60.4 Å². The van der Waals surface area contributed by atoms with Crippen LogP contribution < -0.4 is 10.6 Å². The molecule has 1 amide bonds. The largest absolute Gasteiger partial charge is 0.325 e. The summed E-state index contributed by atoms with van der Waals surface area (Å²) in [5.74, 6) is -0.496. The van der Waals surface area contributed by atoms with Gasteiger partial charge in [-0.3, -0.25) is 15.5 Å². The molecule has 1 heterocycles. The van der Waals surface area contributed by atoms with E-state index in [4.69, 9.17) is 5.41 Å². The van der Waals surface area contributed by atoms with E-state index in [9.17, 15) is 9.18 Å². The number of guanidine groups is 1. The number of halogens is 1. The standard InChI is InChI=1S/C17H13FN4O/c18-12-5-3-4-11(8-12)15-9-16(22-17(19)20-10-23)13-6-1-2-7-14(13)21-15/h1-10H,(H3,19,20,21,22,23). The van der Waals surface area contributed by atoms with Crippen molar-refractivity contribution in [3.8, 4) is 11.3 Å². The van der Waals surface area contributed by atoms with Crippen LogP contribution in [0, 0.1) is 11.2 Å². The third kappa shape index (κ3) is 3.16. The molecule has 2 aromatic carbocycles. The third-order valence-corrected chi connectivity index (χ3v) is 3.30. The van der Waals surface area contributed by atoms with E-state index in [1.807, 2.05) is 24.3 Å². The van der Waals surface area contributed by atoms with Gasteiger partial charge in [0.15, 0.2) is 5.96 Å². The van der Waals surface area contributed by atoms with Crippen molar-refractivity contribution in [1.82, 2.24) is 10.3 Å². The Balaban J connectivity index is 2.13. The maximum atomic E-state index is 13.5. The molecule has 3 N–H and O–H groups in total. The van der Waals surface area contributed by atoms with Crippen molar-refractivity contribution in [2.45, 2.75) is 0 Å². The van der Waals surface area contributed by atoms with Gasteiger partial charge in [0.25, 0.3) is 0 Å². The van der Waals surface area contributed by atoms with Gasteiger partial charge in [-0.2, -0.15) is 0 Å². The van der Waals surface area contributed by atoms with Crippen LogP contribution in [0.4, 0.5) is 10.1 Å². The first-order valence-electron chi connectivity index (χ1n) is 6.89. The average molecular weight is 308 g/mol. The second-order valence-electron chi connectivity index (χ2n) is 4.84. The summed E-state index contributed by atoms with van der Waals surface area (Å²) in [5, 5.41) is 13.5. The van der Waals surface area contributed by atoms with Crippen molar-refractivity contribution >= 4 is 29.0 Å². The summed E-state index contributed by atoms with van der Waals surface area (Å²) < 4.78 is 13.5. The number of fused-ring (bicyclic) bond motifs is 1. The first kappa shape index (κ1) is 14.6. The summed E-state index contributed by atoms with van der Waals surface area (Å²) in [4.78, 5) is 15.0. The fourth-order valence-corrected chi connectivity index (χ4v) is 2.30. The molecule has 23 heavy (non-hydrogen) atoms. The Morgan fingerprint density at radius 3 is 2.74 bits per heavy atom. The highest BCUT2D eigenvalue weighted by molar-refractivity contribution is 6.04. The maximum absolute atomic E-state index is 13.5. The second-order valence-corrected chi connectivity index (χ2v) is 4.84. The van der Waals surface area contributed by atoms with Crippen LogP contribution in [0.2, 0.25) is 0 Å². The Bertz CT molecular complexity index is 895. The summed E-state index contributed by atoms with van der Waals surface area (Å²) in [6.07, 6.45) is 0.423. The molecule has 3 aromatic rings. The predicted molar refractivity (Wildman–Crippen MR) is 87.7 cm³/mol. The number of nitrogens with one attached hydrogen (secondary N) is 3. The number of para-hydroxylation sites is 1. The number of hydrogen-bond donors (Lipinski definition) is 3. The highest BCUT2D eigenvalue weighted by Gasteiger charge is 2.09. The van der Waals surface area contributed by atoms with Gasteiger partial charge < -0.3 is 5.32 Å². The smallest absolute Gasteiger partial charge is 0.213 e. The number of carbonyl (C=O) groups is 1. The zero-order chi connectivity index (χ0) is 16.2. The SMILES string of the molecule is N=C(NC=O)Nc1cc(-c2cccc(F)c2)nc2ccccc12. The molecule has 6 heteroatoms. The Morgan fingerprint density at radius 2 is 1.96 bits per heavy atom. The van der Waals surface area contributed by atoms with E-state index < -0.39 is 0 Å². The van der Waals surface area contributed by atoms with E-state index in [1.165, 1.54) is 12.1 Å². The molecule has 5 nitrogen and oxygen atoms in total. The number of anilines is 1. The fourth-order valence-electron chi connectivity index (χ4n) is 2.30. The fraction of sp³-hybridized carbons (Fsp3) is 0. The summed E-state index contributed by atoms with van der Waals surface area (Å²) in [7, 11) is 0. The Kier molecular flexibility index (Phi) is 3.97. The van der Waals surface area contributed by atoms with Crippen LogP contribution >= 0.6 is 0 Å². The predicted octanol–water partition coefficient (Wildman–Crippen LogP) is 3.13. The van der Waals surface area contributed by atoms with E-state index in [0.717, 1.165) is 5.39 Å². The first-order valence-corrected chi connectivity index (χ1v) is 6.89. The van der Waals surface area contributed by atoms with Crippen LogP contribution in [0.3, 0.4) is 0 Å². The molecule has 0 aliphatic carbocycles. The molecule has 114 valence electrons. The summed E-state index contributed by atoms with van der Waals surface area (Å²) in [6, 6.07) is 15.3. The molecule has 0 aliphatic rings. The number of aromatic nitrogens is 1. The minimum Gasteiger partial charge on any atom is -0.325 e. The van der Waals surface area contributed by atoms with Crippen LogP contribution in [0.1, 0.15) is 0 Å². The van der Waals surface area contributed by atoms with Gasteiger partial charge in [0, 0.05) is 10.9 Å². The van der Waals surface area contributed by atoms with Crippen molar-refractivity contribution in [1.29, 1.82) is 5.41 Å². The van der Waals surface area contributed by atoms with Gasteiger partial charge in [-0.1, -0.05) is 30.3 Å². The number of rotatable bonds is 3. The van der Waals surface area contributed by atoms with Crippen LogP contribution in [0.5, 0.6) is 0 Å². The highest BCUT2D eigenvalue weighted by Crippen LogP contribution is 2.28. The molecule has 0 fully saturated rings. The van der Waals surface area contributed by atoms with Crippen LogP contribution in [0.15, 0.2) is 54.6 Å². The van der Waals surface area contributed by atoms with Gasteiger partial charge in [-0.25, -0.2) is 9.37 Å². The Morgan fingerprint density at radius 1 is 1.13 bits per heavy atom. The normalized spacial score (nSPS) is 10.3. The van der Waals surface area contributed by atoms with Gasteiger partial charge in [0.1, 0.15) is 5.82 Å². The quantitative estimate of drug-likeness (QED) is 0.395. The number of benzene rings is 2. The summed E-state index contributed by atoms with van der Waals surface area (Å²) in [6.45, 7) is 0. The Labute approximate surface area is 131 Å². The monoisotopic (exact) mass is 308 g/mol. The number of hydrogen-bond acceptors (Lipinski definition) is 3. The first-order chi connectivity index (χ1) is 11.2. The third-order valence-electron chi connectivity index (χ3n) is 3.30. The molecular formula is C17H13FN4O. The summed E-state index contributed by atoms with van der Waals surface area (Å²) in [5.41, 5.74) is 2.52. The molecule has 0 saturated carbocycles. The van der Waals surface area contributed by atoms with Crippen molar-refractivity contribution in [2.24, 2.45) is 0 Å². The van der Waals surface area contributed by atoms with E-state index in [-0.39, 0.29) is 11.8 Å². The zero-order valence-electron chi connectivity index (χ0n) is 12.0. The minimum atomic E-state index is -0.345. The molecule has 0 spiro atoms. The van der Waals surface area contributed by atoms with Crippen LogP contribution in [0.25, 0.3) is 22.2 Å². The zero-order valence-corrected chi connectivity index (χ0v) is 12.0. The number of amides is 1. The second kappa shape index (κ2) is 6.23. The van der Waals surface area contributed by atoms with Gasteiger partial charge in [-0.15, -0.1) is 0 Å².